The van der Waals surface area contributed by atoms with Crippen LogP contribution in [0, 0.1) is 26.9 Å². The Bertz CT molecular complexity index is 3560. The van der Waals surface area contributed by atoms with Gasteiger partial charge in [-0.05, 0) is 190 Å². The Labute approximate surface area is 507 Å². The zero-order valence-electron chi connectivity index (χ0n) is 50.2. The van der Waals surface area contributed by atoms with Gasteiger partial charge in [-0.2, -0.15) is 0 Å². The molecule has 0 aliphatic carbocycles. The monoisotopic (exact) mass is 1240 g/mol. The summed E-state index contributed by atoms with van der Waals surface area (Å²) in [5.41, 5.74) is 19.5. The number of benzene rings is 4. The Kier molecular flexibility index (Phi) is 21.4. The first kappa shape index (κ1) is 61.2. The second-order valence-corrected chi connectivity index (χ2v) is 30.5. The van der Waals surface area contributed by atoms with Gasteiger partial charge in [0, 0.05) is 86.7 Å². The molecule has 0 unspecified atom stereocenters. The van der Waals surface area contributed by atoms with Crippen LogP contribution in [0.2, 0.25) is 16.6 Å². The molecule has 2 aliphatic heterocycles. The topological polar surface area (TPSA) is 104 Å². The number of hydrogen-bond acceptors (Lipinski definition) is 9. The summed E-state index contributed by atoms with van der Waals surface area (Å²) in [5, 5.41) is 0.761. The zero-order valence-corrected chi connectivity index (χ0v) is 53.3. The van der Waals surface area contributed by atoms with Crippen molar-refractivity contribution in [2.75, 3.05) is 31.2 Å². The highest BCUT2D eigenvalue weighted by atomic mass is 127. The number of aryl methyl sites for hydroxylation is 2. The van der Waals surface area contributed by atoms with E-state index >= 15 is 0 Å². The second kappa shape index (κ2) is 29.0. The largest absolute Gasteiger partial charge is 0.457 e. The van der Waals surface area contributed by atoms with E-state index in [1.54, 1.807) is 6.07 Å². The number of anilines is 1. The van der Waals surface area contributed by atoms with E-state index in [1.165, 1.54) is 46.9 Å². The van der Waals surface area contributed by atoms with E-state index in [1.807, 2.05) is 42.7 Å². The van der Waals surface area contributed by atoms with Crippen LogP contribution in [0.15, 0.2) is 113 Å². The number of unbranched alkanes of at least 4 members (excludes halogenated alkanes) is 6. The van der Waals surface area contributed by atoms with E-state index in [-0.39, 0.29) is 12.2 Å². The van der Waals surface area contributed by atoms with E-state index < -0.39 is 19.7 Å². The van der Waals surface area contributed by atoms with Gasteiger partial charge in [-0.3, -0.25) is 9.97 Å². The van der Waals surface area contributed by atoms with Gasteiger partial charge >= 0.3 is 11.6 Å². The first-order valence-corrected chi connectivity index (χ1v) is 33.8. The van der Waals surface area contributed by atoms with Gasteiger partial charge in [0.1, 0.15) is 25.8 Å². The molecule has 83 heavy (non-hydrogen) atoms. The van der Waals surface area contributed by atoms with Crippen LogP contribution in [0.4, 0.5) is 5.69 Å². The molecule has 4 aromatic carbocycles. The van der Waals surface area contributed by atoms with Crippen LogP contribution in [0.5, 0.6) is 0 Å². The maximum atomic E-state index is 13.9. The number of rotatable bonds is 23. The standard InChI is InChI=1S/C72H82IN3O6Si/c1-9-11-13-15-30-79-46-56-35-53(37-61(38-56)59-23-25-67(74-44-59)68-26-24-60(45-75-68)62-39-57(40-64(73)42-62)47-80-31-16-14-12-10-2)22-21-52-33-54(27-32-83(49(3)4,50(5)6)51(7)8)36-55(34-52)48-81-71(77)66-43-63-41-58-19-17-28-76-29-18-20-65(69(58)76)70(63)82-72(66)78/h23-26,33-45,49-51H,9-20,28-31,46-48H2,1-8H3. The summed E-state index contributed by atoms with van der Waals surface area (Å²) in [6, 6.07) is 30.9. The molecule has 432 valence electrons. The lowest BCUT2D eigenvalue weighted by molar-refractivity contribution is 0.0468. The first-order valence-electron chi connectivity index (χ1n) is 30.5. The van der Waals surface area contributed by atoms with Gasteiger partial charge in [-0.25, -0.2) is 9.59 Å². The molecule has 3 aromatic heterocycles. The van der Waals surface area contributed by atoms with Gasteiger partial charge in [0.2, 0.25) is 0 Å². The molecule has 2 aliphatic rings. The van der Waals surface area contributed by atoms with Crippen molar-refractivity contribution in [1.82, 2.24) is 9.97 Å². The minimum Gasteiger partial charge on any atom is -0.457 e. The van der Waals surface area contributed by atoms with Gasteiger partial charge in [0.15, 0.2) is 0 Å². The van der Waals surface area contributed by atoms with Crippen LogP contribution in [0.25, 0.3) is 44.6 Å². The van der Waals surface area contributed by atoms with Gasteiger partial charge in [0.25, 0.3) is 0 Å². The van der Waals surface area contributed by atoms with Gasteiger partial charge in [-0.1, -0.05) is 124 Å². The van der Waals surface area contributed by atoms with Crippen molar-refractivity contribution in [3.05, 3.63) is 167 Å². The number of pyridine rings is 2. The summed E-state index contributed by atoms with van der Waals surface area (Å²) >= 11 is 2.38. The molecule has 0 bridgehead atoms. The predicted octanol–water partition coefficient (Wildman–Crippen LogP) is 17.4. The van der Waals surface area contributed by atoms with E-state index in [0.29, 0.717) is 42.0 Å². The molecule has 0 amide bonds. The van der Waals surface area contributed by atoms with Crippen molar-refractivity contribution in [3.63, 3.8) is 0 Å². The third-order valence-corrected chi connectivity index (χ3v) is 23.6. The molecule has 0 spiro atoms. The van der Waals surface area contributed by atoms with Crippen molar-refractivity contribution in [3.8, 4) is 56.9 Å². The maximum absolute atomic E-state index is 13.9. The van der Waals surface area contributed by atoms with E-state index in [9.17, 15) is 9.59 Å². The third-order valence-electron chi connectivity index (χ3n) is 16.7. The van der Waals surface area contributed by atoms with Gasteiger partial charge in [0.05, 0.1) is 24.6 Å². The van der Waals surface area contributed by atoms with Crippen LogP contribution in [0.1, 0.15) is 174 Å². The molecule has 0 N–H and O–H groups in total. The molecule has 0 radical (unpaired) electrons. The molecule has 7 aromatic rings. The second-order valence-electron chi connectivity index (χ2n) is 23.7. The number of fused-ring (bicyclic) bond motifs is 2. The smallest absolute Gasteiger partial charge is 0.351 e. The van der Waals surface area contributed by atoms with Crippen molar-refractivity contribution in [1.29, 1.82) is 0 Å². The highest BCUT2D eigenvalue weighted by molar-refractivity contribution is 14.1. The fraction of sp³-hybridized carbons (Fsp3) is 0.417. The lowest BCUT2D eigenvalue weighted by atomic mass is 9.90. The van der Waals surface area contributed by atoms with E-state index in [2.05, 4.69) is 161 Å². The molecular formula is C72H82IN3O6Si. The first-order chi connectivity index (χ1) is 40.2. The number of ether oxygens (including phenoxy) is 3. The summed E-state index contributed by atoms with van der Waals surface area (Å²) in [6.07, 6.45) is 17.0. The normalized spacial score (nSPS) is 13.0. The number of carbonyl (C=O) groups is 1. The van der Waals surface area contributed by atoms with E-state index in [4.69, 9.17) is 28.6 Å². The van der Waals surface area contributed by atoms with Crippen molar-refractivity contribution in [2.45, 2.75) is 169 Å². The molecule has 5 heterocycles. The molecule has 0 fully saturated rings. The zero-order chi connectivity index (χ0) is 58.5. The Morgan fingerprint density at radius 3 is 1.76 bits per heavy atom. The van der Waals surface area contributed by atoms with Gasteiger partial charge in [-0.15, -0.1) is 5.54 Å². The Balaban J connectivity index is 0.990. The minimum absolute atomic E-state index is 0.0770. The molecule has 9 rings (SSSR count). The quantitative estimate of drug-likeness (QED) is 0.0155. The lowest BCUT2D eigenvalue weighted by Crippen LogP contribution is -2.43. The minimum atomic E-state index is -2.11. The van der Waals surface area contributed by atoms with Crippen molar-refractivity contribution < 1.29 is 23.4 Å². The molecule has 11 heteroatoms. The fourth-order valence-corrected chi connectivity index (χ4v) is 18.4. The molecule has 9 nitrogen and oxygen atoms in total. The van der Waals surface area contributed by atoms with Gasteiger partial charge < -0.3 is 23.5 Å². The summed E-state index contributed by atoms with van der Waals surface area (Å²) in [4.78, 5) is 39.8. The SMILES string of the molecule is CCCCCCOCc1cc(I)cc(-c2ccc(-c3ccc(-c4cc(C#Cc5cc(C#C[Si](C(C)C)(C(C)C)C(C)C)cc(COC(=O)c6cc7cc8c9c(c7oc6=O)CCCN9CCC8)c5)cc(COCCCCCC)c4)cn3)nc2)c1. The average molecular weight is 1240 g/mol. The Morgan fingerprint density at radius 1 is 0.627 bits per heavy atom. The summed E-state index contributed by atoms with van der Waals surface area (Å²) in [7, 11) is -2.11. The fourth-order valence-electron chi connectivity index (χ4n) is 12.5. The predicted molar refractivity (Wildman–Crippen MR) is 349 cm³/mol. The Hall–Kier alpha value is -6.35. The Morgan fingerprint density at radius 2 is 1.18 bits per heavy atom. The summed E-state index contributed by atoms with van der Waals surface area (Å²) in [6.45, 7) is 22.8. The van der Waals surface area contributed by atoms with Crippen LogP contribution in [-0.4, -0.2) is 50.3 Å². The summed E-state index contributed by atoms with van der Waals surface area (Å²) < 4.78 is 25.4. The number of nitrogens with zero attached hydrogens (tertiary/aromatic N) is 3. The van der Waals surface area contributed by atoms with Crippen LogP contribution >= 0.6 is 22.6 Å². The summed E-state index contributed by atoms with van der Waals surface area (Å²) in [5.74, 6) is 9.88. The van der Waals surface area contributed by atoms with Crippen LogP contribution < -0.4 is 10.5 Å². The number of esters is 1. The molecule has 0 saturated heterocycles. The van der Waals surface area contributed by atoms with E-state index in [0.717, 1.165) is 143 Å². The number of hydrogen-bond donors (Lipinski definition) is 0. The number of carbonyl (C=O) groups excluding carboxylic acids is 1. The third kappa shape index (κ3) is 15.3. The molecule has 0 atom stereocenters. The molecule has 0 saturated carbocycles. The number of aromatic nitrogens is 2. The average Bonchev–Trinajstić information content (AvgIpc) is 3.39. The van der Waals surface area contributed by atoms with Crippen molar-refractivity contribution in [2.24, 2.45) is 0 Å². The van der Waals surface area contributed by atoms with Crippen LogP contribution in [0.3, 0.4) is 0 Å². The number of halogens is 1. The maximum Gasteiger partial charge on any atom is 0.351 e. The highest BCUT2D eigenvalue weighted by Gasteiger charge is 2.41. The lowest BCUT2D eigenvalue weighted by Gasteiger charge is -2.38. The van der Waals surface area contributed by atoms with Crippen molar-refractivity contribution >= 4 is 53.3 Å². The van der Waals surface area contributed by atoms with Crippen LogP contribution in [-0.2, 0) is 46.9 Å². The molecular weight excluding hydrogens is 1160 g/mol. The highest BCUT2D eigenvalue weighted by Crippen LogP contribution is 2.42.